The summed E-state index contributed by atoms with van der Waals surface area (Å²) in [5, 5.41) is 12.9. The van der Waals surface area contributed by atoms with Crippen molar-refractivity contribution in [1.82, 2.24) is 10.2 Å². The number of methoxy groups -OCH3 is 1. The molecular weight excluding hydrogens is 280 g/mol. The van der Waals surface area contributed by atoms with Gasteiger partial charge in [0.15, 0.2) is 0 Å². The first-order chi connectivity index (χ1) is 10.7. The Morgan fingerprint density at radius 2 is 2.00 bits per heavy atom. The summed E-state index contributed by atoms with van der Waals surface area (Å²) in [6.07, 6.45) is 2.11. The van der Waals surface area contributed by atoms with Crippen molar-refractivity contribution in [3.8, 4) is 0 Å². The Kier molecular flexibility index (Phi) is 6.36. The zero-order valence-electron chi connectivity index (χ0n) is 13.3. The van der Waals surface area contributed by atoms with E-state index in [4.69, 9.17) is 4.74 Å². The van der Waals surface area contributed by atoms with E-state index in [-0.39, 0.29) is 0 Å². The van der Waals surface area contributed by atoms with E-state index in [1.165, 1.54) is 5.56 Å². The Balaban J connectivity index is 1.85. The predicted octanol–water partition coefficient (Wildman–Crippen LogP) is 1.73. The first kappa shape index (κ1) is 16.9. The molecule has 1 saturated heterocycles. The molecule has 1 aliphatic rings. The molecule has 2 rings (SSSR count). The molecule has 0 saturated carbocycles. The Bertz CT molecular complexity index is 456. The minimum absolute atomic E-state index is 0.641. The Labute approximate surface area is 132 Å². The molecule has 1 aromatic carbocycles. The molecular formula is C17H26N2O3. The lowest BCUT2D eigenvalue weighted by molar-refractivity contribution is -0.147. The molecule has 0 unspecified atom stereocenters. The van der Waals surface area contributed by atoms with Crippen molar-refractivity contribution in [1.29, 1.82) is 0 Å². The highest BCUT2D eigenvalue weighted by Gasteiger charge is 2.40. The van der Waals surface area contributed by atoms with Gasteiger partial charge in [-0.15, -0.1) is 0 Å². The minimum atomic E-state index is -0.777. The van der Waals surface area contributed by atoms with Gasteiger partial charge in [-0.2, -0.15) is 0 Å². The van der Waals surface area contributed by atoms with E-state index in [1.807, 2.05) is 18.2 Å². The van der Waals surface area contributed by atoms with Gasteiger partial charge in [0.05, 0.1) is 0 Å². The monoisotopic (exact) mass is 306 g/mol. The van der Waals surface area contributed by atoms with Gasteiger partial charge >= 0.3 is 5.97 Å². The molecule has 22 heavy (non-hydrogen) atoms. The van der Waals surface area contributed by atoms with Gasteiger partial charge in [0.2, 0.25) is 0 Å². The number of hydrogen-bond acceptors (Lipinski definition) is 4. The fraction of sp³-hybridized carbons (Fsp3) is 0.588. The summed E-state index contributed by atoms with van der Waals surface area (Å²) in [5.74, 6) is -0.732. The van der Waals surface area contributed by atoms with Gasteiger partial charge in [-0.05, 0) is 31.4 Å². The standard InChI is InChI=1S/C17H26N2O3/c1-22-13-5-10-18-17(16(20)21)8-11-19(12-9-17)14-15-6-3-2-4-7-15/h2-4,6-7,18H,5,8-14H2,1H3,(H,20,21). The number of aliphatic carboxylic acids is 1. The molecule has 5 nitrogen and oxygen atoms in total. The molecule has 0 bridgehead atoms. The highest BCUT2D eigenvalue weighted by Crippen LogP contribution is 2.24. The molecule has 0 aromatic heterocycles. The van der Waals surface area contributed by atoms with Gasteiger partial charge in [-0.25, -0.2) is 0 Å². The van der Waals surface area contributed by atoms with Crippen LogP contribution in [0.2, 0.25) is 0 Å². The normalized spacial score (nSPS) is 18.2. The molecule has 0 aliphatic carbocycles. The molecule has 1 aromatic rings. The number of ether oxygens (including phenoxy) is 1. The number of hydrogen-bond donors (Lipinski definition) is 2. The lowest BCUT2D eigenvalue weighted by Crippen LogP contribution is -2.58. The van der Waals surface area contributed by atoms with Crippen LogP contribution < -0.4 is 5.32 Å². The Morgan fingerprint density at radius 3 is 2.59 bits per heavy atom. The fourth-order valence-corrected chi connectivity index (χ4v) is 2.94. The third kappa shape index (κ3) is 4.53. The number of likely N-dealkylation sites (tertiary alicyclic amines) is 1. The van der Waals surface area contributed by atoms with E-state index in [1.54, 1.807) is 7.11 Å². The van der Waals surface area contributed by atoms with Crippen LogP contribution in [0.3, 0.4) is 0 Å². The minimum Gasteiger partial charge on any atom is -0.480 e. The first-order valence-electron chi connectivity index (χ1n) is 7.90. The second-order valence-electron chi connectivity index (χ2n) is 5.92. The van der Waals surface area contributed by atoms with Crippen molar-refractivity contribution in [3.63, 3.8) is 0 Å². The number of rotatable bonds is 8. The van der Waals surface area contributed by atoms with Crippen LogP contribution in [0.1, 0.15) is 24.8 Å². The van der Waals surface area contributed by atoms with Crippen LogP contribution in [-0.2, 0) is 16.1 Å². The molecule has 0 atom stereocenters. The summed E-state index contributed by atoms with van der Waals surface area (Å²) in [7, 11) is 1.66. The van der Waals surface area contributed by atoms with Gasteiger partial charge in [0.25, 0.3) is 0 Å². The van der Waals surface area contributed by atoms with Crippen molar-refractivity contribution in [2.45, 2.75) is 31.3 Å². The maximum atomic E-state index is 11.7. The maximum Gasteiger partial charge on any atom is 0.323 e. The number of carboxylic acids is 1. The first-order valence-corrected chi connectivity index (χ1v) is 7.90. The van der Waals surface area contributed by atoms with Crippen molar-refractivity contribution in [2.24, 2.45) is 0 Å². The van der Waals surface area contributed by atoms with E-state index in [0.29, 0.717) is 26.0 Å². The number of carbonyl (C=O) groups is 1. The van der Waals surface area contributed by atoms with Crippen LogP contribution in [0.25, 0.3) is 0 Å². The second-order valence-corrected chi connectivity index (χ2v) is 5.92. The third-order valence-electron chi connectivity index (χ3n) is 4.36. The number of nitrogens with zero attached hydrogens (tertiary/aromatic N) is 1. The summed E-state index contributed by atoms with van der Waals surface area (Å²) < 4.78 is 5.01. The van der Waals surface area contributed by atoms with E-state index in [0.717, 1.165) is 26.1 Å². The van der Waals surface area contributed by atoms with Crippen molar-refractivity contribution in [3.05, 3.63) is 35.9 Å². The maximum absolute atomic E-state index is 11.7. The van der Waals surface area contributed by atoms with E-state index in [9.17, 15) is 9.90 Å². The Morgan fingerprint density at radius 1 is 1.32 bits per heavy atom. The zero-order valence-corrected chi connectivity index (χ0v) is 13.3. The number of benzene rings is 1. The second kappa shape index (κ2) is 8.27. The average molecular weight is 306 g/mol. The van der Waals surface area contributed by atoms with Crippen LogP contribution in [0.5, 0.6) is 0 Å². The molecule has 0 radical (unpaired) electrons. The summed E-state index contributed by atoms with van der Waals surface area (Å²) in [6.45, 7) is 3.83. The highest BCUT2D eigenvalue weighted by atomic mass is 16.5. The zero-order chi connectivity index (χ0) is 15.8. The molecule has 1 aliphatic heterocycles. The molecule has 122 valence electrons. The van der Waals surface area contributed by atoms with Crippen molar-refractivity contribution < 1.29 is 14.6 Å². The molecule has 0 amide bonds. The topological polar surface area (TPSA) is 61.8 Å². The van der Waals surface area contributed by atoms with Crippen LogP contribution in [0.4, 0.5) is 0 Å². The largest absolute Gasteiger partial charge is 0.480 e. The number of carboxylic acid groups (broad SMARTS) is 1. The van der Waals surface area contributed by atoms with Gasteiger partial charge in [-0.1, -0.05) is 30.3 Å². The quantitative estimate of drug-likeness (QED) is 0.716. The van der Waals surface area contributed by atoms with Crippen LogP contribution >= 0.6 is 0 Å². The van der Waals surface area contributed by atoms with Gasteiger partial charge in [0.1, 0.15) is 5.54 Å². The summed E-state index contributed by atoms with van der Waals surface area (Å²) >= 11 is 0. The lowest BCUT2D eigenvalue weighted by Gasteiger charge is -2.39. The molecule has 2 N–H and O–H groups in total. The van der Waals surface area contributed by atoms with Crippen LogP contribution in [-0.4, -0.2) is 54.9 Å². The number of piperidine rings is 1. The predicted molar refractivity (Wildman–Crippen MR) is 85.8 cm³/mol. The SMILES string of the molecule is COCCCNC1(C(=O)O)CCN(Cc2ccccc2)CC1. The summed E-state index contributed by atoms with van der Waals surface area (Å²) in [5.41, 5.74) is 0.499. The molecule has 5 heteroatoms. The van der Waals surface area contributed by atoms with Gasteiger partial charge in [0, 0.05) is 33.4 Å². The summed E-state index contributed by atoms with van der Waals surface area (Å²) in [6, 6.07) is 10.3. The fourth-order valence-electron chi connectivity index (χ4n) is 2.94. The highest BCUT2D eigenvalue weighted by molar-refractivity contribution is 5.79. The van der Waals surface area contributed by atoms with Gasteiger partial charge in [-0.3, -0.25) is 9.69 Å². The summed E-state index contributed by atoms with van der Waals surface area (Å²) in [4.78, 5) is 14.0. The van der Waals surface area contributed by atoms with E-state index < -0.39 is 11.5 Å². The average Bonchev–Trinajstić information content (AvgIpc) is 2.54. The van der Waals surface area contributed by atoms with E-state index in [2.05, 4.69) is 22.3 Å². The molecule has 0 spiro atoms. The Hall–Kier alpha value is -1.43. The lowest BCUT2D eigenvalue weighted by atomic mass is 9.87. The van der Waals surface area contributed by atoms with Crippen LogP contribution in [0.15, 0.2) is 30.3 Å². The van der Waals surface area contributed by atoms with Crippen molar-refractivity contribution >= 4 is 5.97 Å². The van der Waals surface area contributed by atoms with Gasteiger partial charge < -0.3 is 15.2 Å². The van der Waals surface area contributed by atoms with Crippen LogP contribution in [0, 0.1) is 0 Å². The molecule has 1 fully saturated rings. The number of nitrogens with one attached hydrogen (secondary N) is 1. The van der Waals surface area contributed by atoms with E-state index >= 15 is 0 Å². The smallest absolute Gasteiger partial charge is 0.323 e. The van der Waals surface area contributed by atoms with Crippen molar-refractivity contribution in [2.75, 3.05) is 33.4 Å². The molecule has 1 heterocycles. The third-order valence-corrected chi connectivity index (χ3v) is 4.36.